The first-order valence-corrected chi connectivity index (χ1v) is 9.06. The molecule has 30 heavy (non-hydrogen) atoms. The quantitative estimate of drug-likeness (QED) is 0.257. The second-order valence-electron chi connectivity index (χ2n) is 6.57. The zero-order valence-electron chi connectivity index (χ0n) is 16.5. The molecule has 0 aliphatic heterocycles. The average Bonchev–Trinajstić information content (AvgIpc) is 2.74. The minimum Gasteiger partial charge on any atom is -0.504 e. The van der Waals surface area contributed by atoms with E-state index in [1.165, 1.54) is 19.2 Å². The molecule has 8 heteroatoms. The van der Waals surface area contributed by atoms with Crippen molar-refractivity contribution in [3.05, 3.63) is 81.9 Å². The number of rotatable bonds is 7. The smallest absolute Gasteiger partial charge is 0.269 e. The molecule has 0 unspecified atom stereocenters. The zero-order valence-corrected chi connectivity index (χ0v) is 16.5. The van der Waals surface area contributed by atoms with Crippen LogP contribution in [0, 0.1) is 10.1 Å². The lowest BCUT2D eigenvalue weighted by atomic mass is 9.96. The zero-order chi connectivity index (χ0) is 21.7. The Kier molecular flexibility index (Phi) is 6.17. The van der Waals surface area contributed by atoms with Crippen LogP contribution in [0.2, 0.25) is 0 Å². The molecule has 0 aliphatic rings. The van der Waals surface area contributed by atoms with E-state index in [1.54, 1.807) is 43.3 Å². The molecule has 0 aromatic heterocycles. The molecule has 0 heterocycles. The molecular formula is C22H21N3O5. The Morgan fingerprint density at radius 1 is 1.13 bits per heavy atom. The number of oxime groups is 1. The van der Waals surface area contributed by atoms with Gasteiger partial charge in [-0.05, 0) is 60.0 Å². The topological polar surface area (TPSA) is 120 Å². The second kappa shape index (κ2) is 8.95. The summed E-state index contributed by atoms with van der Waals surface area (Å²) in [7, 11) is 1.48. The van der Waals surface area contributed by atoms with Crippen molar-refractivity contribution >= 4 is 17.1 Å². The van der Waals surface area contributed by atoms with Gasteiger partial charge in [-0.1, -0.05) is 17.3 Å². The third-order valence-electron chi connectivity index (χ3n) is 4.51. The molecule has 154 valence electrons. The summed E-state index contributed by atoms with van der Waals surface area (Å²) in [6.07, 6.45) is 0. The van der Waals surface area contributed by atoms with Gasteiger partial charge in [0, 0.05) is 23.4 Å². The van der Waals surface area contributed by atoms with Gasteiger partial charge in [0.2, 0.25) is 0 Å². The summed E-state index contributed by atoms with van der Waals surface area (Å²) in [6, 6.07) is 16.7. The van der Waals surface area contributed by atoms with Crippen molar-refractivity contribution in [3.8, 4) is 22.6 Å². The molecule has 3 rings (SSSR count). The molecule has 0 saturated heterocycles. The van der Waals surface area contributed by atoms with Crippen molar-refractivity contribution in [2.24, 2.45) is 5.16 Å². The Morgan fingerprint density at radius 3 is 2.40 bits per heavy atom. The summed E-state index contributed by atoms with van der Waals surface area (Å²) < 4.78 is 5.24. The molecule has 0 amide bonds. The number of hydrogen-bond donors (Lipinski definition) is 2. The van der Waals surface area contributed by atoms with E-state index in [0.29, 0.717) is 22.7 Å². The molecule has 0 bridgehead atoms. The van der Waals surface area contributed by atoms with Crippen LogP contribution in [-0.2, 0) is 11.4 Å². The first-order valence-electron chi connectivity index (χ1n) is 9.06. The maximum absolute atomic E-state index is 10.7. The van der Waals surface area contributed by atoms with Crippen LogP contribution in [0.15, 0.2) is 65.8 Å². The van der Waals surface area contributed by atoms with Crippen molar-refractivity contribution < 1.29 is 19.6 Å². The molecule has 3 aromatic rings. The van der Waals surface area contributed by atoms with E-state index < -0.39 is 4.92 Å². The number of phenols is 1. The van der Waals surface area contributed by atoms with Gasteiger partial charge in [0.1, 0.15) is 6.61 Å². The summed E-state index contributed by atoms with van der Waals surface area (Å²) in [5.41, 5.74) is 10.1. The van der Waals surface area contributed by atoms with Gasteiger partial charge >= 0.3 is 0 Å². The predicted molar refractivity (Wildman–Crippen MR) is 115 cm³/mol. The van der Waals surface area contributed by atoms with E-state index in [1.807, 2.05) is 12.1 Å². The number of aromatic hydroxyl groups is 1. The highest BCUT2D eigenvalue weighted by atomic mass is 16.6. The second-order valence-corrected chi connectivity index (χ2v) is 6.57. The number of phenolic OH excluding ortho intramolecular Hbond substituents is 1. The fraction of sp³-hybridized carbons (Fsp3) is 0.136. The Morgan fingerprint density at radius 2 is 1.80 bits per heavy atom. The van der Waals surface area contributed by atoms with Crippen molar-refractivity contribution in [2.45, 2.75) is 13.5 Å². The Bertz CT molecular complexity index is 1080. The van der Waals surface area contributed by atoms with Gasteiger partial charge in [0.05, 0.1) is 17.7 Å². The van der Waals surface area contributed by atoms with Crippen molar-refractivity contribution in [3.63, 3.8) is 0 Å². The van der Waals surface area contributed by atoms with Gasteiger partial charge in [0.25, 0.3) is 5.69 Å². The highest BCUT2D eigenvalue weighted by molar-refractivity contribution is 6.05. The van der Waals surface area contributed by atoms with Crippen LogP contribution in [0.3, 0.4) is 0 Å². The van der Waals surface area contributed by atoms with E-state index in [2.05, 4.69) is 5.16 Å². The fourth-order valence-electron chi connectivity index (χ4n) is 2.90. The van der Waals surface area contributed by atoms with Crippen LogP contribution in [0.25, 0.3) is 11.1 Å². The van der Waals surface area contributed by atoms with E-state index in [9.17, 15) is 15.2 Å². The molecule has 0 spiro atoms. The maximum Gasteiger partial charge on any atom is 0.269 e. The molecule has 0 atom stereocenters. The molecule has 0 saturated carbocycles. The minimum absolute atomic E-state index is 0.0141. The lowest BCUT2D eigenvalue weighted by Crippen LogP contribution is -2.01. The van der Waals surface area contributed by atoms with Gasteiger partial charge in [-0.15, -0.1) is 0 Å². The van der Waals surface area contributed by atoms with Crippen LogP contribution >= 0.6 is 0 Å². The number of nitrogens with zero attached hydrogens (tertiary/aromatic N) is 2. The predicted octanol–water partition coefficient (Wildman–Crippen LogP) is 4.50. The number of methoxy groups -OCH3 is 1. The van der Waals surface area contributed by atoms with Crippen LogP contribution in [0.5, 0.6) is 11.5 Å². The summed E-state index contributed by atoms with van der Waals surface area (Å²) in [5.74, 6) is 0.321. The first-order chi connectivity index (χ1) is 14.4. The largest absolute Gasteiger partial charge is 0.504 e. The number of non-ortho nitro benzene ring substituents is 1. The lowest BCUT2D eigenvalue weighted by molar-refractivity contribution is -0.384. The summed E-state index contributed by atoms with van der Waals surface area (Å²) >= 11 is 0. The highest BCUT2D eigenvalue weighted by Crippen LogP contribution is 2.35. The fourth-order valence-corrected chi connectivity index (χ4v) is 2.90. The Balaban J connectivity index is 1.86. The minimum atomic E-state index is -0.457. The number of anilines is 1. The number of nitrogen functional groups attached to an aromatic ring is 1. The number of ether oxygens (including phenoxy) is 1. The summed E-state index contributed by atoms with van der Waals surface area (Å²) in [5, 5.41) is 25.1. The van der Waals surface area contributed by atoms with Gasteiger partial charge in [0.15, 0.2) is 11.5 Å². The van der Waals surface area contributed by atoms with Crippen molar-refractivity contribution in [1.82, 2.24) is 0 Å². The summed E-state index contributed by atoms with van der Waals surface area (Å²) in [6.45, 7) is 1.91. The van der Waals surface area contributed by atoms with Crippen molar-refractivity contribution in [2.75, 3.05) is 12.8 Å². The van der Waals surface area contributed by atoms with Gasteiger partial charge in [-0.3, -0.25) is 10.1 Å². The van der Waals surface area contributed by atoms with Crippen LogP contribution in [-0.4, -0.2) is 22.9 Å². The third kappa shape index (κ3) is 4.67. The SMILES string of the molecule is COc1cc(-c2ccc(N)cc2)c(/C(C)=N/OCc2ccc([N+](=O)[O-])cc2)cc1O. The first kappa shape index (κ1) is 20.7. The van der Waals surface area contributed by atoms with Gasteiger partial charge in [-0.25, -0.2) is 0 Å². The van der Waals surface area contributed by atoms with Crippen molar-refractivity contribution in [1.29, 1.82) is 0 Å². The number of nitro benzene ring substituents is 1. The molecule has 0 fully saturated rings. The molecular weight excluding hydrogens is 386 g/mol. The maximum atomic E-state index is 10.7. The Hall–Kier alpha value is -4.07. The van der Waals surface area contributed by atoms with Crippen LogP contribution in [0.4, 0.5) is 11.4 Å². The number of nitrogens with two attached hydrogens (primary N) is 1. The van der Waals surface area contributed by atoms with E-state index >= 15 is 0 Å². The number of hydrogen-bond acceptors (Lipinski definition) is 7. The standard InChI is InChI=1S/C22H21N3O5/c1-14(24-30-13-15-3-9-18(10-4-15)25(27)28)19-11-21(26)22(29-2)12-20(19)16-5-7-17(23)8-6-16/h3-12,26H,13,23H2,1-2H3/b24-14+. The molecule has 0 aliphatic carbocycles. The van der Waals surface area contributed by atoms with E-state index in [-0.39, 0.29) is 18.0 Å². The molecule has 8 nitrogen and oxygen atoms in total. The van der Waals surface area contributed by atoms with Gasteiger partial charge in [-0.2, -0.15) is 0 Å². The monoisotopic (exact) mass is 407 g/mol. The lowest BCUT2D eigenvalue weighted by Gasteiger charge is -2.13. The molecule has 3 N–H and O–H groups in total. The van der Waals surface area contributed by atoms with Crippen LogP contribution < -0.4 is 10.5 Å². The molecule has 3 aromatic carbocycles. The summed E-state index contributed by atoms with van der Waals surface area (Å²) in [4.78, 5) is 15.7. The molecule has 0 radical (unpaired) electrons. The van der Waals surface area contributed by atoms with E-state index in [0.717, 1.165) is 16.7 Å². The Labute approximate surface area is 173 Å². The van der Waals surface area contributed by atoms with Crippen LogP contribution in [0.1, 0.15) is 18.1 Å². The highest BCUT2D eigenvalue weighted by Gasteiger charge is 2.14. The number of nitro groups is 1. The van der Waals surface area contributed by atoms with E-state index in [4.69, 9.17) is 15.3 Å². The third-order valence-corrected chi connectivity index (χ3v) is 4.51. The average molecular weight is 407 g/mol. The number of benzene rings is 3. The van der Waals surface area contributed by atoms with Gasteiger partial charge < -0.3 is 20.4 Å². The normalized spacial score (nSPS) is 11.2.